The van der Waals surface area contributed by atoms with E-state index in [1.54, 1.807) is 0 Å². The molecule has 0 spiro atoms. The van der Waals surface area contributed by atoms with Gasteiger partial charge in [0, 0.05) is 38.3 Å². The van der Waals surface area contributed by atoms with Gasteiger partial charge in [-0.3, -0.25) is 9.80 Å². The summed E-state index contributed by atoms with van der Waals surface area (Å²) in [6, 6.07) is 0.619. The molecule has 3 atom stereocenters. The predicted molar refractivity (Wildman–Crippen MR) is 68.8 cm³/mol. The largest absolute Gasteiger partial charge is 0.324 e. The van der Waals surface area contributed by atoms with Gasteiger partial charge in [-0.2, -0.15) is 0 Å². The number of hydrogen-bond acceptors (Lipinski definition) is 3. The number of rotatable bonds is 2. The summed E-state index contributed by atoms with van der Waals surface area (Å²) in [6.45, 7) is 8.75. The minimum Gasteiger partial charge on any atom is -0.324 e. The first-order valence-electron chi connectivity index (χ1n) is 6.97. The average Bonchev–Trinajstić information content (AvgIpc) is 2.33. The molecule has 0 aromatic carbocycles. The Labute approximate surface area is 104 Å². The smallest absolute Gasteiger partial charge is 0.117 e. The Bertz CT molecular complexity index is 239. The third-order valence-corrected chi connectivity index (χ3v) is 4.39. The molecule has 1 saturated carbocycles. The summed E-state index contributed by atoms with van der Waals surface area (Å²) in [4.78, 5) is 4.90. The lowest BCUT2D eigenvalue weighted by molar-refractivity contribution is 0.0359. The Morgan fingerprint density at radius 2 is 1.76 bits per heavy atom. The van der Waals surface area contributed by atoms with Gasteiger partial charge in [0.2, 0.25) is 0 Å². The molecule has 3 nitrogen and oxygen atoms in total. The Balaban J connectivity index is 1.87. The molecule has 1 heterocycles. The van der Waals surface area contributed by atoms with Gasteiger partial charge < -0.3 is 5.73 Å². The molecular formula is C13H26FN3. The van der Waals surface area contributed by atoms with E-state index < -0.39 is 6.17 Å². The Kier molecular flexibility index (Phi) is 4.39. The van der Waals surface area contributed by atoms with E-state index in [0.29, 0.717) is 12.5 Å². The van der Waals surface area contributed by atoms with Gasteiger partial charge in [0.05, 0.1) is 6.04 Å². The molecular weight excluding hydrogens is 217 g/mol. The molecule has 1 saturated heterocycles. The summed E-state index contributed by atoms with van der Waals surface area (Å²) in [5, 5.41) is 0. The van der Waals surface area contributed by atoms with Crippen molar-refractivity contribution in [3.8, 4) is 0 Å². The van der Waals surface area contributed by atoms with Crippen LogP contribution in [0.5, 0.6) is 0 Å². The lowest BCUT2D eigenvalue weighted by Gasteiger charge is -2.44. The Hall–Kier alpha value is -0.190. The van der Waals surface area contributed by atoms with Crippen LogP contribution < -0.4 is 5.73 Å². The second kappa shape index (κ2) is 5.63. The van der Waals surface area contributed by atoms with Crippen molar-refractivity contribution in [3.05, 3.63) is 0 Å². The van der Waals surface area contributed by atoms with Crippen LogP contribution in [0.1, 0.15) is 33.1 Å². The zero-order chi connectivity index (χ0) is 12.4. The van der Waals surface area contributed by atoms with E-state index in [4.69, 9.17) is 5.73 Å². The number of piperazine rings is 1. The standard InChI is InChI=1S/C13H26FN3/c1-10(2)16-6-8-17(9-7-16)12-5-3-4-11(14)13(12)15/h10-13H,3-9,15H2,1-2H3/t11-,12+,13?/m1/s1. The van der Waals surface area contributed by atoms with E-state index in [2.05, 4.69) is 23.6 Å². The van der Waals surface area contributed by atoms with E-state index in [9.17, 15) is 4.39 Å². The fraction of sp³-hybridized carbons (Fsp3) is 1.00. The van der Waals surface area contributed by atoms with Crippen molar-refractivity contribution in [2.24, 2.45) is 5.73 Å². The minimum absolute atomic E-state index is 0.269. The summed E-state index contributed by atoms with van der Waals surface area (Å²) >= 11 is 0. The second-order valence-corrected chi connectivity index (χ2v) is 5.76. The van der Waals surface area contributed by atoms with Gasteiger partial charge in [-0.05, 0) is 33.1 Å². The highest BCUT2D eigenvalue weighted by molar-refractivity contribution is 4.93. The quantitative estimate of drug-likeness (QED) is 0.792. The third kappa shape index (κ3) is 2.98. The van der Waals surface area contributed by atoms with Crippen molar-refractivity contribution < 1.29 is 4.39 Å². The van der Waals surface area contributed by atoms with Crippen molar-refractivity contribution in [2.45, 2.75) is 57.4 Å². The first-order chi connectivity index (χ1) is 8.09. The number of halogens is 1. The first kappa shape index (κ1) is 13.2. The minimum atomic E-state index is -0.795. The van der Waals surface area contributed by atoms with Crippen LogP contribution in [0.4, 0.5) is 4.39 Å². The van der Waals surface area contributed by atoms with Gasteiger partial charge >= 0.3 is 0 Å². The number of alkyl halides is 1. The second-order valence-electron chi connectivity index (χ2n) is 5.76. The molecule has 17 heavy (non-hydrogen) atoms. The van der Waals surface area contributed by atoms with Crippen LogP contribution in [0.3, 0.4) is 0 Å². The summed E-state index contributed by atoms with van der Waals surface area (Å²) in [6.07, 6.45) is 1.92. The zero-order valence-corrected chi connectivity index (χ0v) is 11.1. The van der Waals surface area contributed by atoms with Gasteiger partial charge in [-0.1, -0.05) is 0 Å². The molecule has 0 aromatic rings. The molecule has 2 fully saturated rings. The topological polar surface area (TPSA) is 32.5 Å². The maximum Gasteiger partial charge on any atom is 0.117 e. The molecule has 0 radical (unpaired) electrons. The van der Waals surface area contributed by atoms with Crippen LogP contribution in [0.15, 0.2) is 0 Å². The van der Waals surface area contributed by atoms with Crippen molar-refractivity contribution in [1.29, 1.82) is 0 Å². The maximum atomic E-state index is 13.6. The van der Waals surface area contributed by atoms with E-state index in [1.807, 2.05) is 0 Å². The maximum absolute atomic E-state index is 13.6. The van der Waals surface area contributed by atoms with Gasteiger partial charge in [-0.15, -0.1) is 0 Å². The number of hydrogen-bond donors (Lipinski definition) is 1. The van der Waals surface area contributed by atoms with Crippen LogP contribution in [0.25, 0.3) is 0 Å². The average molecular weight is 243 g/mol. The van der Waals surface area contributed by atoms with E-state index in [1.165, 1.54) is 0 Å². The molecule has 1 aliphatic heterocycles. The van der Waals surface area contributed by atoms with Crippen molar-refractivity contribution >= 4 is 0 Å². The summed E-state index contributed by atoms with van der Waals surface area (Å²) < 4.78 is 13.6. The van der Waals surface area contributed by atoms with E-state index in [0.717, 1.165) is 39.0 Å². The van der Waals surface area contributed by atoms with Crippen LogP contribution in [0.2, 0.25) is 0 Å². The van der Waals surface area contributed by atoms with Crippen LogP contribution in [0, 0.1) is 0 Å². The monoisotopic (exact) mass is 243 g/mol. The van der Waals surface area contributed by atoms with Crippen LogP contribution in [-0.4, -0.2) is 60.3 Å². The van der Waals surface area contributed by atoms with E-state index >= 15 is 0 Å². The zero-order valence-electron chi connectivity index (χ0n) is 11.1. The van der Waals surface area contributed by atoms with Crippen molar-refractivity contribution in [2.75, 3.05) is 26.2 Å². The molecule has 0 aromatic heterocycles. The molecule has 2 N–H and O–H groups in total. The molecule has 4 heteroatoms. The fourth-order valence-corrected chi connectivity index (χ4v) is 3.16. The molecule has 0 bridgehead atoms. The highest BCUT2D eigenvalue weighted by Gasteiger charge is 2.35. The van der Waals surface area contributed by atoms with Crippen molar-refractivity contribution in [1.82, 2.24) is 9.80 Å². The lowest BCUT2D eigenvalue weighted by atomic mass is 9.88. The van der Waals surface area contributed by atoms with Crippen LogP contribution in [-0.2, 0) is 0 Å². The fourth-order valence-electron chi connectivity index (χ4n) is 3.16. The molecule has 0 amide bonds. The SMILES string of the molecule is CC(C)N1CCN([C@H]2CCC[C@@H](F)C2N)CC1. The summed E-state index contributed by atoms with van der Waals surface area (Å²) in [5.41, 5.74) is 6.02. The highest BCUT2D eigenvalue weighted by atomic mass is 19.1. The van der Waals surface area contributed by atoms with E-state index in [-0.39, 0.29) is 12.1 Å². The summed E-state index contributed by atoms with van der Waals surface area (Å²) in [5.74, 6) is 0. The lowest BCUT2D eigenvalue weighted by Crippen LogP contribution is -2.59. The molecule has 1 aliphatic carbocycles. The normalized spacial score (nSPS) is 37.6. The Morgan fingerprint density at radius 1 is 1.12 bits per heavy atom. The first-order valence-corrected chi connectivity index (χ1v) is 6.97. The van der Waals surface area contributed by atoms with Crippen LogP contribution >= 0.6 is 0 Å². The Morgan fingerprint density at radius 3 is 2.35 bits per heavy atom. The highest BCUT2D eigenvalue weighted by Crippen LogP contribution is 2.25. The molecule has 2 rings (SSSR count). The predicted octanol–water partition coefficient (Wildman–Crippen LogP) is 1.23. The van der Waals surface area contributed by atoms with Gasteiger partial charge in [0.1, 0.15) is 6.17 Å². The summed E-state index contributed by atoms with van der Waals surface area (Å²) in [7, 11) is 0. The van der Waals surface area contributed by atoms with Gasteiger partial charge in [0.15, 0.2) is 0 Å². The third-order valence-electron chi connectivity index (χ3n) is 4.39. The molecule has 1 unspecified atom stereocenters. The number of nitrogens with two attached hydrogens (primary N) is 1. The van der Waals surface area contributed by atoms with Crippen molar-refractivity contribution in [3.63, 3.8) is 0 Å². The number of nitrogens with zero attached hydrogens (tertiary/aromatic N) is 2. The molecule has 2 aliphatic rings. The van der Waals surface area contributed by atoms with Gasteiger partial charge in [0.25, 0.3) is 0 Å². The van der Waals surface area contributed by atoms with Gasteiger partial charge in [-0.25, -0.2) is 4.39 Å². The molecule has 100 valence electrons.